The van der Waals surface area contributed by atoms with E-state index in [1.54, 1.807) is 24.3 Å². The van der Waals surface area contributed by atoms with Crippen molar-refractivity contribution in [3.05, 3.63) is 35.4 Å². The fraction of sp³-hybridized carbons (Fsp3) is 0.600. The smallest absolute Gasteiger partial charge is 0.337 e. The molecule has 1 aromatic carbocycles. The fourth-order valence-corrected chi connectivity index (χ4v) is 6.24. The van der Waals surface area contributed by atoms with E-state index in [1.807, 2.05) is 0 Å². The number of ether oxygens (including phenoxy) is 2. The Morgan fingerprint density at radius 2 is 1.76 bits per heavy atom. The van der Waals surface area contributed by atoms with Gasteiger partial charge in [-0.3, -0.25) is 4.79 Å². The molecule has 0 saturated heterocycles. The zero-order chi connectivity index (χ0) is 17.7. The molecule has 0 N–H and O–H groups in total. The van der Waals surface area contributed by atoms with Gasteiger partial charge in [0.15, 0.2) is 0 Å². The van der Waals surface area contributed by atoms with Gasteiger partial charge in [-0.05, 0) is 68.1 Å². The Morgan fingerprint density at radius 3 is 2.32 bits per heavy atom. The Labute approximate surface area is 152 Å². The first-order valence-corrected chi connectivity index (χ1v) is 9.33. The molecular formula is C20H23ClO4. The van der Waals surface area contributed by atoms with Gasteiger partial charge in [0, 0.05) is 4.87 Å². The van der Waals surface area contributed by atoms with Crippen molar-refractivity contribution in [2.45, 2.75) is 50.0 Å². The first-order chi connectivity index (χ1) is 11.9. The highest BCUT2D eigenvalue weighted by molar-refractivity contribution is 6.24. The zero-order valence-corrected chi connectivity index (χ0v) is 15.2. The van der Waals surface area contributed by atoms with Crippen molar-refractivity contribution in [2.75, 3.05) is 7.11 Å². The Kier molecular flexibility index (Phi) is 4.06. The molecule has 0 aliphatic heterocycles. The summed E-state index contributed by atoms with van der Waals surface area (Å²) in [5.41, 5.74) is 0.978. The van der Waals surface area contributed by atoms with Crippen molar-refractivity contribution < 1.29 is 19.1 Å². The van der Waals surface area contributed by atoms with Gasteiger partial charge in [-0.25, -0.2) is 4.79 Å². The number of esters is 2. The van der Waals surface area contributed by atoms with Gasteiger partial charge >= 0.3 is 11.9 Å². The molecule has 4 saturated carbocycles. The minimum Gasteiger partial charge on any atom is -0.465 e. The Balaban J connectivity index is 1.42. The molecule has 0 spiro atoms. The third-order valence-electron chi connectivity index (χ3n) is 6.17. The van der Waals surface area contributed by atoms with Gasteiger partial charge in [-0.2, -0.15) is 0 Å². The van der Waals surface area contributed by atoms with Gasteiger partial charge in [-0.15, -0.1) is 11.6 Å². The van der Waals surface area contributed by atoms with Gasteiger partial charge in [0.1, 0.15) is 6.61 Å². The molecule has 4 bridgehead atoms. The lowest BCUT2D eigenvalue weighted by Crippen LogP contribution is -2.56. The normalized spacial score (nSPS) is 35.4. The second kappa shape index (κ2) is 6.01. The molecule has 2 unspecified atom stereocenters. The molecule has 0 radical (unpaired) electrons. The Morgan fingerprint density at radius 1 is 1.12 bits per heavy atom. The molecule has 134 valence electrons. The molecule has 4 fully saturated rings. The molecule has 4 nitrogen and oxygen atoms in total. The van der Waals surface area contributed by atoms with E-state index in [0.29, 0.717) is 17.4 Å². The van der Waals surface area contributed by atoms with Gasteiger partial charge in [-0.1, -0.05) is 12.1 Å². The lowest BCUT2D eigenvalue weighted by Gasteiger charge is -2.58. The highest BCUT2D eigenvalue weighted by Gasteiger charge is 2.60. The van der Waals surface area contributed by atoms with E-state index in [9.17, 15) is 9.59 Å². The second-order valence-electron chi connectivity index (χ2n) is 8.16. The molecule has 0 amide bonds. The van der Waals surface area contributed by atoms with Crippen LogP contribution in [0, 0.1) is 17.3 Å². The van der Waals surface area contributed by atoms with E-state index in [4.69, 9.17) is 16.3 Å². The largest absolute Gasteiger partial charge is 0.465 e. The summed E-state index contributed by atoms with van der Waals surface area (Å²) < 4.78 is 10.4. The summed E-state index contributed by atoms with van der Waals surface area (Å²) in [5.74, 6) is 0.685. The average Bonchev–Trinajstić information content (AvgIpc) is 2.57. The third kappa shape index (κ3) is 3.05. The zero-order valence-electron chi connectivity index (χ0n) is 14.4. The quantitative estimate of drug-likeness (QED) is 0.598. The molecule has 4 aliphatic rings. The second-order valence-corrected chi connectivity index (χ2v) is 8.96. The SMILES string of the molecule is COC(=O)c1ccc(COC(=O)C23CC4CC(CC(Cl)(C4)C2)C3)cc1. The number of halogens is 1. The van der Waals surface area contributed by atoms with E-state index in [1.165, 1.54) is 13.5 Å². The standard InChI is InChI=1S/C20H23ClO4/c1-24-17(22)16-4-2-13(3-5-16)11-25-18(23)19-7-14-6-15(8-19)10-20(21,9-14)12-19/h2-5,14-15H,6-12H2,1H3. The monoisotopic (exact) mass is 362 g/mol. The third-order valence-corrected chi connectivity index (χ3v) is 6.61. The lowest BCUT2D eigenvalue weighted by molar-refractivity contribution is -0.171. The van der Waals surface area contributed by atoms with E-state index < -0.39 is 0 Å². The van der Waals surface area contributed by atoms with Crippen molar-refractivity contribution in [1.82, 2.24) is 0 Å². The summed E-state index contributed by atoms with van der Waals surface area (Å²) in [7, 11) is 1.35. The van der Waals surface area contributed by atoms with Crippen molar-refractivity contribution in [2.24, 2.45) is 17.3 Å². The number of rotatable bonds is 4. The van der Waals surface area contributed by atoms with Crippen LogP contribution >= 0.6 is 11.6 Å². The van der Waals surface area contributed by atoms with Gasteiger partial charge in [0.25, 0.3) is 0 Å². The first kappa shape index (κ1) is 16.9. The van der Waals surface area contributed by atoms with Crippen molar-refractivity contribution in [1.29, 1.82) is 0 Å². The molecule has 0 heterocycles. The fourth-order valence-electron chi connectivity index (χ4n) is 5.55. The predicted octanol–water partition coefficient (Wildman–Crippen LogP) is 4.09. The number of carbonyl (C=O) groups excluding carboxylic acids is 2. The van der Waals surface area contributed by atoms with Crippen molar-refractivity contribution >= 4 is 23.5 Å². The average molecular weight is 363 g/mol. The van der Waals surface area contributed by atoms with Crippen LogP contribution in [0.15, 0.2) is 24.3 Å². The Hall–Kier alpha value is -1.55. The first-order valence-electron chi connectivity index (χ1n) is 8.95. The molecule has 4 aliphatic carbocycles. The maximum Gasteiger partial charge on any atom is 0.337 e. The van der Waals surface area contributed by atoms with Crippen LogP contribution in [0.2, 0.25) is 0 Å². The van der Waals surface area contributed by atoms with Crippen LogP contribution in [0.25, 0.3) is 0 Å². The summed E-state index contributed by atoms with van der Waals surface area (Å²) >= 11 is 6.79. The molecule has 1 aromatic rings. The van der Waals surface area contributed by atoms with Crippen molar-refractivity contribution in [3.8, 4) is 0 Å². The van der Waals surface area contributed by atoms with E-state index >= 15 is 0 Å². The number of alkyl halides is 1. The molecular weight excluding hydrogens is 340 g/mol. The van der Waals surface area contributed by atoms with E-state index in [0.717, 1.165) is 37.7 Å². The van der Waals surface area contributed by atoms with Crippen LogP contribution in [0.4, 0.5) is 0 Å². The summed E-state index contributed by atoms with van der Waals surface area (Å²) in [5, 5.41) is 0. The van der Waals surface area contributed by atoms with Crippen LogP contribution in [0.3, 0.4) is 0 Å². The number of methoxy groups -OCH3 is 1. The van der Waals surface area contributed by atoms with E-state index in [2.05, 4.69) is 4.74 Å². The number of hydrogen-bond acceptors (Lipinski definition) is 4. The number of benzene rings is 1. The maximum atomic E-state index is 12.9. The summed E-state index contributed by atoms with van der Waals surface area (Å²) in [4.78, 5) is 24.1. The number of hydrogen-bond donors (Lipinski definition) is 0. The van der Waals surface area contributed by atoms with Crippen LogP contribution in [0.1, 0.15) is 54.4 Å². The molecule has 0 aromatic heterocycles. The number of carbonyl (C=O) groups is 2. The summed E-state index contributed by atoms with van der Waals surface area (Å²) in [6.07, 6.45) is 5.94. The minimum absolute atomic E-state index is 0.0938. The molecule has 2 atom stereocenters. The van der Waals surface area contributed by atoms with Crippen LogP contribution in [-0.4, -0.2) is 23.9 Å². The summed E-state index contributed by atoms with van der Waals surface area (Å²) in [6, 6.07) is 6.96. The highest BCUT2D eigenvalue weighted by atomic mass is 35.5. The van der Waals surface area contributed by atoms with E-state index in [-0.39, 0.29) is 28.8 Å². The van der Waals surface area contributed by atoms with Crippen molar-refractivity contribution in [3.63, 3.8) is 0 Å². The predicted molar refractivity (Wildman–Crippen MR) is 93.3 cm³/mol. The molecule has 25 heavy (non-hydrogen) atoms. The van der Waals surface area contributed by atoms with Crippen LogP contribution < -0.4 is 0 Å². The van der Waals surface area contributed by atoms with Gasteiger partial charge in [0.05, 0.1) is 18.1 Å². The van der Waals surface area contributed by atoms with Gasteiger partial charge < -0.3 is 9.47 Å². The van der Waals surface area contributed by atoms with Gasteiger partial charge in [0.2, 0.25) is 0 Å². The maximum absolute atomic E-state index is 12.9. The topological polar surface area (TPSA) is 52.6 Å². The lowest BCUT2D eigenvalue weighted by atomic mass is 9.49. The summed E-state index contributed by atoms with van der Waals surface area (Å²) in [6.45, 7) is 0.229. The van der Waals surface area contributed by atoms with Crippen LogP contribution in [0.5, 0.6) is 0 Å². The highest BCUT2D eigenvalue weighted by Crippen LogP contribution is 2.64. The Bertz CT molecular complexity index is 682. The molecule has 5 heteroatoms. The molecule has 5 rings (SSSR count). The minimum atomic E-state index is -0.377. The van der Waals surface area contributed by atoms with Crippen LogP contribution in [-0.2, 0) is 20.9 Å².